The molecule has 1 amide bonds. The van der Waals surface area contributed by atoms with E-state index in [2.05, 4.69) is 10.4 Å². The maximum absolute atomic E-state index is 12.1. The van der Waals surface area contributed by atoms with Gasteiger partial charge < -0.3 is 14.5 Å². The van der Waals surface area contributed by atoms with E-state index >= 15 is 0 Å². The zero-order valence-corrected chi connectivity index (χ0v) is 15.4. The van der Waals surface area contributed by atoms with Crippen LogP contribution in [-0.2, 0) is 13.2 Å². The van der Waals surface area contributed by atoms with Gasteiger partial charge in [-0.3, -0.25) is 14.3 Å². The molecule has 2 heterocycles. The summed E-state index contributed by atoms with van der Waals surface area (Å²) in [5.74, 6) is 1.03. The summed E-state index contributed by atoms with van der Waals surface area (Å²) in [6, 6.07) is 10.1. The predicted molar refractivity (Wildman–Crippen MR) is 99.1 cm³/mol. The van der Waals surface area contributed by atoms with Crippen molar-refractivity contribution >= 4 is 23.3 Å². The number of nitrogens with one attached hydrogen (secondary N) is 1. The number of hydrogen-bond acceptors (Lipinski definition) is 5. The maximum Gasteiger partial charge on any atom is 0.287 e. The second kappa shape index (κ2) is 8.55. The molecule has 0 fully saturated rings. The molecule has 140 valence electrons. The van der Waals surface area contributed by atoms with Crippen molar-refractivity contribution in [2.24, 2.45) is 0 Å². The molecule has 27 heavy (non-hydrogen) atoms. The Kier molecular flexibility index (Phi) is 5.93. The second-order valence-electron chi connectivity index (χ2n) is 5.81. The van der Waals surface area contributed by atoms with Gasteiger partial charge in [0.05, 0.1) is 17.8 Å². The Hall–Kier alpha value is -3.06. The van der Waals surface area contributed by atoms with Crippen molar-refractivity contribution in [3.63, 3.8) is 0 Å². The van der Waals surface area contributed by atoms with E-state index in [1.54, 1.807) is 47.3 Å². The highest BCUT2D eigenvalue weighted by molar-refractivity contribution is 6.30. The number of hydrogen-bond donors (Lipinski definition) is 1. The zero-order valence-electron chi connectivity index (χ0n) is 14.6. The van der Waals surface area contributed by atoms with Gasteiger partial charge in [0.15, 0.2) is 11.5 Å². The van der Waals surface area contributed by atoms with Crippen molar-refractivity contribution in [1.82, 2.24) is 15.1 Å². The molecule has 8 heteroatoms. The average Bonchev–Trinajstić information content (AvgIpc) is 3.29. The first-order chi connectivity index (χ1) is 13.0. The molecule has 0 unspecified atom stereocenters. The third kappa shape index (κ3) is 5.21. The van der Waals surface area contributed by atoms with Crippen LogP contribution in [0.4, 0.5) is 0 Å². The van der Waals surface area contributed by atoms with Crippen LogP contribution in [0.1, 0.15) is 33.6 Å². The highest BCUT2D eigenvalue weighted by Gasteiger charge is 2.11. The molecule has 7 nitrogen and oxygen atoms in total. The Labute approximate surface area is 160 Å². The SMILES string of the molecule is CC(=O)c1ccc(OCc2ccc(C(=O)NCCn3cc(Cl)cn3)o2)cc1. The fraction of sp³-hybridized carbons (Fsp3) is 0.211. The molecule has 0 saturated carbocycles. The van der Waals surface area contributed by atoms with Crippen molar-refractivity contribution in [3.8, 4) is 5.75 Å². The summed E-state index contributed by atoms with van der Waals surface area (Å²) in [7, 11) is 0. The first-order valence-corrected chi connectivity index (χ1v) is 8.68. The van der Waals surface area contributed by atoms with E-state index in [0.717, 1.165) is 0 Å². The number of carbonyl (C=O) groups is 2. The van der Waals surface area contributed by atoms with E-state index in [9.17, 15) is 9.59 Å². The van der Waals surface area contributed by atoms with Crippen molar-refractivity contribution < 1.29 is 18.7 Å². The van der Waals surface area contributed by atoms with E-state index < -0.39 is 0 Å². The average molecular weight is 388 g/mol. The number of benzene rings is 1. The van der Waals surface area contributed by atoms with Gasteiger partial charge in [-0.25, -0.2) is 0 Å². The van der Waals surface area contributed by atoms with Crippen LogP contribution in [-0.4, -0.2) is 28.0 Å². The van der Waals surface area contributed by atoms with Gasteiger partial charge in [-0.1, -0.05) is 11.6 Å². The predicted octanol–water partition coefficient (Wildman–Crippen LogP) is 3.34. The molecule has 1 aromatic carbocycles. The molecular weight excluding hydrogens is 370 g/mol. The quantitative estimate of drug-likeness (QED) is 0.599. The van der Waals surface area contributed by atoms with Gasteiger partial charge in [0.1, 0.15) is 18.1 Å². The minimum Gasteiger partial charge on any atom is -0.486 e. The Balaban J connectivity index is 1.47. The number of nitrogens with zero attached hydrogens (tertiary/aromatic N) is 2. The number of rotatable bonds is 8. The Bertz CT molecular complexity index is 931. The van der Waals surface area contributed by atoms with Crippen LogP contribution >= 0.6 is 11.6 Å². The molecule has 0 bridgehead atoms. The number of ether oxygens (including phenoxy) is 1. The number of carbonyl (C=O) groups excluding carboxylic acids is 2. The smallest absolute Gasteiger partial charge is 0.287 e. The molecule has 1 N–H and O–H groups in total. The molecular formula is C19H18ClN3O4. The first kappa shape index (κ1) is 18.7. The summed E-state index contributed by atoms with van der Waals surface area (Å²) in [6.07, 6.45) is 3.22. The summed E-state index contributed by atoms with van der Waals surface area (Å²) in [6.45, 7) is 2.59. The fourth-order valence-corrected chi connectivity index (χ4v) is 2.51. The molecule has 0 aliphatic carbocycles. The van der Waals surface area contributed by atoms with E-state index in [-0.39, 0.29) is 24.1 Å². The van der Waals surface area contributed by atoms with Crippen molar-refractivity contribution in [3.05, 3.63) is 70.9 Å². The van der Waals surface area contributed by atoms with Gasteiger partial charge in [-0.05, 0) is 43.3 Å². The summed E-state index contributed by atoms with van der Waals surface area (Å²) in [5.41, 5.74) is 0.622. The zero-order chi connectivity index (χ0) is 19.2. The number of amides is 1. The Morgan fingerprint density at radius 3 is 2.67 bits per heavy atom. The highest BCUT2D eigenvalue weighted by Crippen LogP contribution is 2.16. The first-order valence-electron chi connectivity index (χ1n) is 8.30. The molecule has 0 aliphatic rings. The highest BCUT2D eigenvalue weighted by atomic mass is 35.5. The molecule has 3 aromatic rings. The van der Waals surface area contributed by atoms with E-state index in [0.29, 0.717) is 35.2 Å². The van der Waals surface area contributed by atoms with E-state index in [1.165, 1.54) is 13.1 Å². The van der Waals surface area contributed by atoms with Crippen LogP contribution in [0.5, 0.6) is 5.75 Å². The molecule has 0 radical (unpaired) electrons. The van der Waals surface area contributed by atoms with Gasteiger partial charge in [-0.2, -0.15) is 5.10 Å². The third-order valence-electron chi connectivity index (χ3n) is 3.76. The second-order valence-corrected chi connectivity index (χ2v) is 6.25. The van der Waals surface area contributed by atoms with Crippen LogP contribution in [0.3, 0.4) is 0 Å². The van der Waals surface area contributed by atoms with Gasteiger partial charge in [0.2, 0.25) is 0 Å². The molecule has 0 atom stereocenters. The number of halogens is 1. The minimum absolute atomic E-state index is 0.00103. The summed E-state index contributed by atoms with van der Waals surface area (Å²) in [4.78, 5) is 23.4. The minimum atomic E-state index is -0.315. The number of Topliss-reactive ketones (excluding diaryl/α,β-unsaturated/α-hetero) is 1. The van der Waals surface area contributed by atoms with Crippen molar-refractivity contribution in [2.75, 3.05) is 6.54 Å². The van der Waals surface area contributed by atoms with Gasteiger partial charge in [0.25, 0.3) is 5.91 Å². The van der Waals surface area contributed by atoms with E-state index in [4.69, 9.17) is 20.8 Å². The maximum atomic E-state index is 12.1. The lowest BCUT2D eigenvalue weighted by atomic mass is 10.1. The summed E-state index contributed by atoms with van der Waals surface area (Å²) >= 11 is 5.78. The largest absolute Gasteiger partial charge is 0.486 e. The lowest BCUT2D eigenvalue weighted by Crippen LogP contribution is -2.27. The van der Waals surface area contributed by atoms with E-state index in [1.807, 2.05) is 0 Å². The lowest BCUT2D eigenvalue weighted by Gasteiger charge is -2.05. The topological polar surface area (TPSA) is 86.4 Å². The Morgan fingerprint density at radius 1 is 1.22 bits per heavy atom. The number of furan rings is 1. The molecule has 2 aromatic heterocycles. The normalized spacial score (nSPS) is 10.6. The summed E-state index contributed by atoms with van der Waals surface area (Å²) < 4.78 is 12.7. The molecule has 0 spiro atoms. The van der Waals surface area contributed by atoms with Gasteiger partial charge >= 0.3 is 0 Å². The lowest BCUT2D eigenvalue weighted by molar-refractivity contribution is 0.0919. The molecule has 0 saturated heterocycles. The molecule has 0 aliphatic heterocycles. The van der Waals surface area contributed by atoms with Gasteiger partial charge in [0, 0.05) is 18.3 Å². The number of aromatic nitrogens is 2. The van der Waals surface area contributed by atoms with Crippen LogP contribution in [0.25, 0.3) is 0 Å². The Morgan fingerprint density at radius 2 is 2.00 bits per heavy atom. The monoisotopic (exact) mass is 387 g/mol. The van der Waals surface area contributed by atoms with Crippen molar-refractivity contribution in [2.45, 2.75) is 20.1 Å². The summed E-state index contributed by atoms with van der Waals surface area (Å²) in [5, 5.41) is 7.33. The van der Waals surface area contributed by atoms with Crippen LogP contribution < -0.4 is 10.1 Å². The molecule has 3 rings (SSSR count). The standard InChI is InChI=1S/C19H18ClN3O4/c1-13(24)14-2-4-16(5-3-14)26-12-17-6-7-18(27-17)19(25)21-8-9-23-11-15(20)10-22-23/h2-7,10-11H,8-9,12H2,1H3,(H,21,25). The number of ketones is 1. The van der Waals surface area contributed by atoms with Crippen LogP contribution in [0.15, 0.2) is 53.2 Å². The van der Waals surface area contributed by atoms with Gasteiger partial charge in [-0.15, -0.1) is 0 Å². The third-order valence-corrected chi connectivity index (χ3v) is 3.95. The van der Waals surface area contributed by atoms with Crippen LogP contribution in [0.2, 0.25) is 5.02 Å². The fourth-order valence-electron chi connectivity index (χ4n) is 2.35. The van der Waals surface area contributed by atoms with Crippen molar-refractivity contribution in [1.29, 1.82) is 0 Å². The van der Waals surface area contributed by atoms with Crippen LogP contribution in [0, 0.1) is 0 Å².